The molecule has 6 nitrogen and oxygen atoms in total. The second-order valence-corrected chi connectivity index (χ2v) is 5.85. The predicted molar refractivity (Wildman–Crippen MR) is 87.0 cm³/mol. The third-order valence-corrected chi connectivity index (χ3v) is 4.16. The fourth-order valence-corrected chi connectivity index (χ4v) is 2.64. The standard InChI is InChI=1S/C16H20F3N3O3/c1-20-6-8-22(9-7-20)13-5-4-11(10-12(13)14(23)25-3)21(2)15(24)16(17,18)19/h4-5,10H,6-9H2,1-3H3. The normalized spacial score (nSPS) is 15.8. The van der Waals surface area contributed by atoms with E-state index >= 15 is 0 Å². The van der Waals surface area contributed by atoms with E-state index in [-0.39, 0.29) is 11.3 Å². The van der Waals surface area contributed by atoms with Crippen molar-refractivity contribution in [2.24, 2.45) is 0 Å². The minimum atomic E-state index is -4.99. The van der Waals surface area contributed by atoms with Crippen molar-refractivity contribution in [1.82, 2.24) is 4.90 Å². The van der Waals surface area contributed by atoms with Crippen LogP contribution in [0.2, 0.25) is 0 Å². The summed E-state index contributed by atoms with van der Waals surface area (Å²) in [6.45, 7) is 2.96. The average Bonchev–Trinajstić information content (AvgIpc) is 2.59. The molecule has 0 aliphatic carbocycles. The second-order valence-electron chi connectivity index (χ2n) is 5.85. The first kappa shape index (κ1) is 19.0. The molecule has 1 fully saturated rings. The monoisotopic (exact) mass is 359 g/mol. The molecule has 1 aliphatic heterocycles. The van der Waals surface area contributed by atoms with Gasteiger partial charge in [-0.1, -0.05) is 0 Å². The summed E-state index contributed by atoms with van der Waals surface area (Å²) in [6.07, 6.45) is -4.99. The molecule has 0 unspecified atom stereocenters. The van der Waals surface area contributed by atoms with Crippen molar-refractivity contribution in [1.29, 1.82) is 0 Å². The van der Waals surface area contributed by atoms with Crippen LogP contribution in [-0.4, -0.2) is 70.3 Å². The molecule has 0 bridgehead atoms. The number of hydrogen-bond acceptors (Lipinski definition) is 5. The molecule has 1 heterocycles. The topological polar surface area (TPSA) is 53.1 Å². The van der Waals surface area contributed by atoms with Gasteiger partial charge in [0.2, 0.25) is 0 Å². The highest BCUT2D eigenvalue weighted by Crippen LogP contribution is 2.29. The summed E-state index contributed by atoms with van der Waals surface area (Å²) >= 11 is 0. The number of nitrogens with zero attached hydrogens (tertiary/aromatic N) is 3. The zero-order valence-electron chi connectivity index (χ0n) is 14.3. The van der Waals surface area contributed by atoms with E-state index in [1.165, 1.54) is 19.2 Å². The summed E-state index contributed by atoms with van der Waals surface area (Å²) in [5, 5.41) is 0. The van der Waals surface area contributed by atoms with E-state index in [0.29, 0.717) is 23.7 Å². The quantitative estimate of drug-likeness (QED) is 0.770. The van der Waals surface area contributed by atoms with Crippen molar-refractivity contribution in [2.75, 3.05) is 57.2 Å². The molecule has 0 spiro atoms. The van der Waals surface area contributed by atoms with Gasteiger partial charge in [0.05, 0.1) is 18.4 Å². The van der Waals surface area contributed by atoms with Crippen LogP contribution >= 0.6 is 0 Å². The Morgan fingerprint density at radius 1 is 1.16 bits per heavy atom. The molecule has 2 rings (SSSR count). The summed E-state index contributed by atoms with van der Waals surface area (Å²) in [7, 11) is 4.20. The van der Waals surface area contributed by atoms with Crippen LogP contribution in [0.4, 0.5) is 24.5 Å². The van der Waals surface area contributed by atoms with Crippen molar-refractivity contribution in [3.63, 3.8) is 0 Å². The van der Waals surface area contributed by atoms with Gasteiger partial charge in [-0.05, 0) is 25.2 Å². The summed E-state index contributed by atoms with van der Waals surface area (Å²) in [4.78, 5) is 28.1. The number of amides is 1. The molecule has 0 atom stereocenters. The number of methoxy groups -OCH3 is 1. The van der Waals surface area contributed by atoms with Gasteiger partial charge in [-0.3, -0.25) is 4.79 Å². The van der Waals surface area contributed by atoms with Crippen LogP contribution < -0.4 is 9.80 Å². The first-order chi connectivity index (χ1) is 11.6. The van der Waals surface area contributed by atoms with E-state index in [1.807, 2.05) is 11.9 Å². The molecular weight excluding hydrogens is 339 g/mol. The van der Waals surface area contributed by atoms with E-state index < -0.39 is 18.1 Å². The molecule has 0 aromatic heterocycles. The van der Waals surface area contributed by atoms with Gasteiger partial charge in [0, 0.05) is 38.9 Å². The van der Waals surface area contributed by atoms with E-state index in [9.17, 15) is 22.8 Å². The maximum absolute atomic E-state index is 12.6. The van der Waals surface area contributed by atoms with Gasteiger partial charge in [-0.15, -0.1) is 0 Å². The van der Waals surface area contributed by atoms with Crippen LogP contribution in [0.5, 0.6) is 0 Å². The molecule has 0 radical (unpaired) electrons. The van der Waals surface area contributed by atoms with Gasteiger partial charge in [0.15, 0.2) is 0 Å². The minimum absolute atomic E-state index is 0.0272. The zero-order valence-corrected chi connectivity index (χ0v) is 14.3. The molecule has 1 aromatic rings. The fourth-order valence-electron chi connectivity index (χ4n) is 2.64. The number of benzene rings is 1. The highest BCUT2D eigenvalue weighted by atomic mass is 19.4. The van der Waals surface area contributed by atoms with Gasteiger partial charge in [-0.25, -0.2) is 4.79 Å². The predicted octanol–water partition coefficient (Wildman–Crippen LogP) is 1.75. The smallest absolute Gasteiger partial charge is 0.465 e. The van der Waals surface area contributed by atoms with Gasteiger partial charge in [0.1, 0.15) is 0 Å². The Morgan fingerprint density at radius 3 is 2.28 bits per heavy atom. The SMILES string of the molecule is COC(=O)c1cc(N(C)C(=O)C(F)(F)F)ccc1N1CCN(C)CC1. The first-order valence-corrected chi connectivity index (χ1v) is 7.66. The van der Waals surface area contributed by atoms with Gasteiger partial charge < -0.3 is 19.4 Å². The van der Waals surface area contributed by atoms with E-state index in [1.54, 1.807) is 6.07 Å². The number of likely N-dealkylation sites (N-methyl/N-ethyl adjacent to an activating group) is 1. The molecule has 1 amide bonds. The molecule has 25 heavy (non-hydrogen) atoms. The Balaban J connectivity index is 2.37. The lowest BCUT2D eigenvalue weighted by Gasteiger charge is -2.35. The number of carbonyl (C=O) groups excluding carboxylic acids is 2. The van der Waals surface area contributed by atoms with E-state index in [0.717, 1.165) is 20.1 Å². The first-order valence-electron chi connectivity index (χ1n) is 7.66. The highest BCUT2D eigenvalue weighted by Gasteiger charge is 2.42. The number of halogens is 3. The maximum Gasteiger partial charge on any atom is 0.471 e. The third-order valence-electron chi connectivity index (χ3n) is 4.16. The van der Waals surface area contributed by atoms with Crippen LogP contribution in [0.25, 0.3) is 0 Å². The number of carbonyl (C=O) groups is 2. The second kappa shape index (κ2) is 7.30. The highest BCUT2D eigenvalue weighted by molar-refractivity contribution is 6.01. The largest absolute Gasteiger partial charge is 0.471 e. The lowest BCUT2D eigenvalue weighted by atomic mass is 10.1. The number of piperazine rings is 1. The maximum atomic E-state index is 12.6. The lowest BCUT2D eigenvalue weighted by molar-refractivity contribution is -0.170. The van der Waals surface area contributed by atoms with Crippen LogP contribution in [0.3, 0.4) is 0 Å². The fraction of sp³-hybridized carbons (Fsp3) is 0.500. The molecule has 1 aromatic carbocycles. The van der Waals surface area contributed by atoms with Crippen molar-refractivity contribution < 1.29 is 27.5 Å². The van der Waals surface area contributed by atoms with Crippen molar-refractivity contribution in [3.8, 4) is 0 Å². The summed E-state index contributed by atoms with van der Waals surface area (Å²) < 4.78 is 42.6. The summed E-state index contributed by atoms with van der Waals surface area (Å²) in [5.74, 6) is -2.67. The van der Waals surface area contributed by atoms with Gasteiger partial charge in [-0.2, -0.15) is 13.2 Å². The average molecular weight is 359 g/mol. The van der Waals surface area contributed by atoms with E-state index in [2.05, 4.69) is 4.90 Å². The number of anilines is 2. The number of hydrogen-bond donors (Lipinski definition) is 0. The van der Waals surface area contributed by atoms with Crippen LogP contribution in [0.1, 0.15) is 10.4 Å². The Morgan fingerprint density at radius 2 is 1.76 bits per heavy atom. The Labute approximate surface area is 143 Å². The number of esters is 1. The van der Waals surface area contributed by atoms with Crippen molar-refractivity contribution in [3.05, 3.63) is 23.8 Å². The lowest BCUT2D eigenvalue weighted by Crippen LogP contribution is -2.45. The van der Waals surface area contributed by atoms with Crippen molar-refractivity contribution >= 4 is 23.3 Å². The molecule has 1 saturated heterocycles. The number of ether oxygens (including phenoxy) is 1. The molecular formula is C16H20F3N3O3. The van der Waals surface area contributed by atoms with Crippen molar-refractivity contribution in [2.45, 2.75) is 6.18 Å². The van der Waals surface area contributed by atoms with Gasteiger partial charge in [0.25, 0.3) is 0 Å². The van der Waals surface area contributed by atoms with Crippen LogP contribution in [-0.2, 0) is 9.53 Å². The third kappa shape index (κ3) is 4.22. The van der Waals surface area contributed by atoms with E-state index in [4.69, 9.17) is 4.74 Å². The molecule has 0 saturated carbocycles. The molecule has 9 heteroatoms. The molecule has 0 N–H and O–H groups in total. The summed E-state index contributed by atoms with van der Waals surface area (Å²) in [6, 6.07) is 4.19. The minimum Gasteiger partial charge on any atom is -0.465 e. The zero-order chi connectivity index (χ0) is 18.8. The van der Waals surface area contributed by atoms with Crippen LogP contribution in [0, 0.1) is 0 Å². The molecule has 1 aliphatic rings. The number of alkyl halides is 3. The Kier molecular flexibility index (Phi) is 5.56. The summed E-state index contributed by atoms with van der Waals surface area (Å²) in [5.41, 5.74) is 0.684. The molecule has 138 valence electrons. The number of rotatable bonds is 3. The van der Waals surface area contributed by atoms with Crippen LogP contribution in [0.15, 0.2) is 18.2 Å². The Hall–Kier alpha value is -2.29. The van der Waals surface area contributed by atoms with Gasteiger partial charge >= 0.3 is 18.1 Å². The Bertz CT molecular complexity index is 656.